The molecule has 1 aliphatic rings. The fourth-order valence-electron chi connectivity index (χ4n) is 3.11. The Kier molecular flexibility index (Phi) is 4.50. The van der Waals surface area contributed by atoms with Gasteiger partial charge in [0.1, 0.15) is 0 Å². The number of hydrogen-bond donors (Lipinski definition) is 0. The molecule has 0 aliphatic carbocycles. The Morgan fingerprint density at radius 3 is 2.61 bits per heavy atom. The molecule has 0 amide bonds. The van der Waals surface area contributed by atoms with Gasteiger partial charge in [0, 0.05) is 12.6 Å². The zero-order valence-electron chi connectivity index (χ0n) is 15.1. The Hall–Kier alpha value is -3.35. The molecule has 28 heavy (non-hydrogen) atoms. The molecule has 0 saturated heterocycles. The quantitative estimate of drug-likeness (QED) is 0.614. The van der Waals surface area contributed by atoms with Crippen molar-refractivity contribution in [2.75, 3.05) is 5.01 Å². The van der Waals surface area contributed by atoms with Gasteiger partial charge in [-0.15, -0.1) is 0 Å². The predicted octanol–water partition coefficient (Wildman–Crippen LogP) is 5.33. The second-order valence-corrected chi connectivity index (χ2v) is 6.44. The number of halogens is 3. The lowest BCUT2D eigenvalue weighted by molar-refractivity contribution is -0.137. The third-order valence-corrected chi connectivity index (χ3v) is 4.51. The number of hydrazone groups is 1. The second-order valence-electron chi connectivity index (χ2n) is 6.44. The molecule has 3 aromatic rings. The van der Waals surface area contributed by atoms with Crippen LogP contribution in [0, 0.1) is 6.92 Å². The molecule has 142 valence electrons. The summed E-state index contributed by atoms with van der Waals surface area (Å²) >= 11 is 0. The van der Waals surface area contributed by atoms with Gasteiger partial charge in [0.05, 0.1) is 34.5 Å². The van der Waals surface area contributed by atoms with Crippen LogP contribution in [0.4, 0.5) is 18.9 Å². The Labute approximate surface area is 160 Å². The van der Waals surface area contributed by atoms with Crippen LogP contribution in [-0.4, -0.2) is 15.5 Å². The highest BCUT2D eigenvalue weighted by atomic mass is 19.4. The van der Waals surface area contributed by atoms with E-state index in [1.165, 1.54) is 11.1 Å². The van der Waals surface area contributed by atoms with Crippen LogP contribution < -0.4 is 5.01 Å². The van der Waals surface area contributed by atoms with Crippen molar-refractivity contribution in [2.45, 2.75) is 19.5 Å². The van der Waals surface area contributed by atoms with Crippen molar-refractivity contribution < 1.29 is 13.2 Å². The second kappa shape index (κ2) is 6.99. The largest absolute Gasteiger partial charge is 0.416 e. The minimum Gasteiger partial charge on any atom is -0.241 e. The molecule has 0 atom stereocenters. The first-order chi connectivity index (χ1) is 13.4. The number of alkyl halides is 3. The number of rotatable bonds is 3. The molecule has 1 aliphatic heterocycles. The van der Waals surface area contributed by atoms with Crippen LogP contribution in [0.3, 0.4) is 0 Å². The summed E-state index contributed by atoms with van der Waals surface area (Å²) in [5.41, 5.74) is 3.17. The first kappa shape index (κ1) is 18.0. The lowest BCUT2D eigenvalue weighted by Crippen LogP contribution is -2.20. The van der Waals surface area contributed by atoms with Gasteiger partial charge in [0.25, 0.3) is 0 Å². The summed E-state index contributed by atoms with van der Waals surface area (Å²) in [4.78, 5) is 0. The van der Waals surface area contributed by atoms with Gasteiger partial charge >= 0.3 is 6.18 Å². The first-order valence-electron chi connectivity index (χ1n) is 8.74. The van der Waals surface area contributed by atoms with E-state index in [0.29, 0.717) is 12.1 Å². The van der Waals surface area contributed by atoms with Crippen molar-refractivity contribution in [1.29, 1.82) is 0 Å². The van der Waals surface area contributed by atoms with Gasteiger partial charge in [-0.05, 0) is 42.8 Å². The summed E-state index contributed by atoms with van der Waals surface area (Å²) in [7, 11) is 0. The Balaban J connectivity index is 1.71. The first-order valence-corrected chi connectivity index (χ1v) is 8.74. The van der Waals surface area contributed by atoms with Crippen molar-refractivity contribution >= 4 is 11.4 Å². The number of aromatic nitrogens is 2. The van der Waals surface area contributed by atoms with Gasteiger partial charge in [-0.2, -0.15) is 23.4 Å². The lowest BCUT2D eigenvalue weighted by atomic mass is 10.1. The molecule has 0 bridgehead atoms. The summed E-state index contributed by atoms with van der Waals surface area (Å²) in [5.74, 6) is 0. The monoisotopic (exact) mass is 382 g/mol. The van der Waals surface area contributed by atoms with E-state index in [-0.39, 0.29) is 0 Å². The van der Waals surface area contributed by atoms with Gasteiger partial charge in [0.2, 0.25) is 0 Å². The number of benzene rings is 2. The molecule has 1 aromatic heterocycles. The number of allylic oxidation sites excluding steroid dienone is 1. The standard InChI is InChI=1S/C21H17F3N4/c1-15-6-2-3-10-19(15)28-20(11-12-25-28)18-9-5-13-27(26-18)17-8-4-7-16(14-17)21(22,23)24/h2-8,10-14H,9H2,1H3. The Morgan fingerprint density at radius 1 is 1.00 bits per heavy atom. The molecule has 4 rings (SSSR count). The van der Waals surface area contributed by atoms with Gasteiger partial charge < -0.3 is 0 Å². The van der Waals surface area contributed by atoms with Crippen LogP contribution in [0.2, 0.25) is 0 Å². The van der Waals surface area contributed by atoms with Gasteiger partial charge in [0.15, 0.2) is 0 Å². The summed E-state index contributed by atoms with van der Waals surface area (Å²) in [6.45, 7) is 2.00. The van der Waals surface area contributed by atoms with E-state index >= 15 is 0 Å². The maximum absolute atomic E-state index is 13.0. The van der Waals surface area contributed by atoms with Crippen molar-refractivity contribution in [2.24, 2.45) is 5.10 Å². The third kappa shape index (κ3) is 3.43. The maximum atomic E-state index is 13.0. The smallest absolute Gasteiger partial charge is 0.241 e. The molecule has 4 nitrogen and oxygen atoms in total. The van der Waals surface area contributed by atoms with Crippen molar-refractivity contribution in [3.8, 4) is 5.69 Å². The fraction of sp³-hybridized carbons (Fsp3) is 0.143. The fourth-order valence-corrected chi connectivity index (χ4v) is 3.11. The molecule has 2 aromatic carbocycles. The molecule has 7 heteroatoms. The van der Waals surface area contributed by atoms with Crippen molar-refractivity contribution in [3.63, 3.8) is 0 Å². The maximum Gasteiger partial charge on any atom is 0.416 e. The average molecular weight is 382 g/mol. The zero-order chi connectivity index (χ0) is 19.7. The zero-order valence-corrected chi connectivity index (χ0v) is 15.1. The number of aryl methyl sites for hydroxylation is 1. The third-order valence-electron chi connectivity index (χ3n) is 4.51. The molecular weight excluding hydrogens is 365 g/mol. The normalized spacial score (nSPS) is 14.3. The minimum absolute atomic E-state index is 0.352. The highest BCUT2D eigenvalue weighted by Gasteiger charge is 2.31. The summed E-state index contributed by atoms with van der Waals surface area (Å²) in [6.07, 6.45) is 1.40. The minimum atomic E-state index is -4.40. The number of anilines is 1. The van der Waals surface area contributed by atoms with E-state index in [0.717, 1.165) is 34.8 Å². The molecule has 0 spiro atoms. The molecule has 2 heterocycles. The number of nitrogens with zero attached hydrogens (tertiary/aromatic N) is 4. The van der Waals surface area contributed by atoms with E-state index in [4.69, 9.17) is 0 Å². The average Bonchev–Trinajstić information content (AvgIpc) is 3.17. The van der Waals surface area contributed by atoms with Crippen LogP contribution in [0.15, 0.2) is 78.2 Å². The Morgan fingerprint density at radius 2 is 1.82 bits per heavy atom. The van der Waals surface area contributed by atoms with Crippen LogP contribution in [0.5, 0.6) is 0 Å². The lowest BCUT2D eigenvalue weighted by Gasteiger charge is -2.21. The summed E-state index contributed by atoms with van der Waals surface area (Å²) in [6, 6.07) is 14.8. The topological polar surface area (TPSA) is 33.4 Å². The van der Waals surface area contributed by atoms with Crippen molar-refractivity contribution in [1.82, 2.24) is 9.78 Å². The van der Waals surface area contributed by atoms with E-state index in [2.05, 4.69) is 10.2 Å². The highest BCUT2D eigenvalue weighted by Crippen LogP contribution is 2.32. The van der Waals surface area contributed by atoms with Gasteiger partial charge in [-0.3, -0.25) is 0 Å². The van der Waals surface area contributed by atoms with Gasteiger partial charge in [-0.25, -0.2) is 9.69 Å². The highest BCUT2D eigenvalue weighted by molar-refractivity contribution is 6.01. The SMILES string of the molecule is Cc1ccccc1-n1nccc1C1=NN(c2cccc(C(F)(F)F)c2)C=CC1. The van der Waals surface area contributed by atoms with Crippen LogP contribution >= 0.6 is 0 Å². The van der Waals surface area contributed by atoms with Crippen LogP contribution in [0.1, 0.15) is 23.2 Å². The van der Waals surface area contributed by atoms with E-state index in [1.807, 2.05) is 43.3 Å². The predicted molar refractivity (Wildman–Crippen MR) is 103 cm³/mol. The molecule has 0 fully saturated rings. The van der Waals surface area contributed by atoms with E-state index < -0.39 is 11.7 Å². The molecule has 0 radical (unpaired) electrons. The molecule has 0 N–H and O–H groups in total. The summed E-state index contributed by atoms with van der Waals surface area (Å²) < 4.78 is 40.9. The Bertz CT molecular complexity index is 1060. The van der Waals surface area contributed by atoms with Crippen LogP contribution in [-0.2, 0) is 6.18 Å². The molecule has 0 unspecified atom stereocenters. The van der Waals surface area contributed by atoms with E-state index in [9.17, 15) is 13.2 Å². The van der Waals surface area contributed by atoms with Crippen LogP contribution in [0.25, 0.3) is 5.69 Å². The number of para-hydroxylation sites is 1. The van der Waals surface area contributed by atoms with Gasteiger partial charge in [-0.1, -0.05) is 30.3 Å². The van der Waals surface area contributed by atoms with E-state index in [1.54, 1.807) is 23.1 Å². The number of hydrogen-bond acceptors (Lipinski definition) is 3. The summed E-state index contributed by atoms with van der Waals surface area (Å²) in [5, 5.41) is 10.4. The molecule has 0 saturated carbocycles. The van der Waals surface area contributed by atoms with Crippen molar-refractivity contribution in [3.05, 3.63) is 89.9 Å². The molecular formula is C21H17F3N4.